The molecule has 4 aromatic rings. The molecule has 0 radical (unpaired) electrons. The number of nitrogens with one attached hydrogen (secondary N) is 5. The van der Waals surface area contributed by atoms with Crippen molar-refractivity contribution in [3.8, 4) is 5.75 Å². The van der Waals surface area contributed by atoms with Crippen LogP contribution in [0.25, 0.3) is 0 Å². The molecule has 5 amide bonds. The summed E-state index contributed by atoms with van der Waals surface area (Å²) < 4.78 is 28.6. The number of rotatable bonds is 17. The molecular formula is C53H69F2N11O6. The minimum absolute atomic E-state index is 0.0656. The van der Waals surface area contributed by atoms with E-state index in [4.69, 9.17) is 10.5 Å². The van der Waals surface area contributed by atoms with Gasteiger partial charge >= 0.3 is 0 Å². The van der Waals surface area contributed by atoms with Crippen LogP contribution in [0, 0.1) is 16.6 Å². The van der Waals surface area contributed by atoms with Crippen molar-refractivity contribution in [1.82, 2.24) is 35.7 Å². The Morgan fingerprint density at radius 2 is 1.62 bits per heavy atom. The second-order valence-electron chi connectivity index (χ2n) is 19.2. The summed E-state index contributed by atoms with van der Waals surface area (Å²) in [4.78, 5) is 78.3. The Balaban J connectivity index is 0.00000163. The van der Waals surface area contributed by atoms with Crippen LogP contribution in [0.15, 0.2) is 67.0 Å². The van der Waals surface area contributed by atoms with E-state index in [2.05, 4.69) is 75.7 Å². The fourth-order valence-corrected chi connectivity index (χ4v) is 9.67. The summed E-state index contributed by atoms with van der Waals surface area (Å²) in [6, 6.07) is 16.0. The van der Waals surface area contributed by atoms with Crippen molar-refractivity contribution < 1.29 is 37.5 Å². The molecular weight excluding hydrogens is 925 g/mol. The normalized spacial score (nSPS) is 19.2. The summed E-state index contributed by atoms with van der Waals surface area (Å²) in [5, 5.41) is 21.8. The third kappa shape index (κ3) is 12.4. The van der Waals surface area contributed by atoms with E-state index in [9.17, 15) is 38.2 Å². The van der Waals surface area contributed by atoms with Gasteiger partial charge in [-0.1, -0.05) is 71.7 Å². The molecule has 0 bridgehead atoms. The number of piperazine rings is 1. The number of fused-ring (bicyclic) bond motifs is 1. The lowest BCUT2D eigenvalue weighted by atomic mass is 9.79. The maximum atomic E-state index is 13.9. The van der Waals surface area contributed by atoms with Gasteiger partial charge in [0.15, 0.2) is 0 Å². The number of carbonyl (C=O) groups excluding carboxylic acids is 5. The molecule has 8 rings (SSSR count). The number of amides is 5. The van der Waals surface area contributed by atoms with Gasteiger partial charge in [0.1, 0.15) is 35.6 Å². The maximum absolute atomic E-state index is 13.9. The second kappa shape index (κ2) is 24.5. The van der Waals surface area contributed by atoms with Crippen molar-refractivity contribution in [1.29, 1.82) is 5.41 Å². The van der Waals surface area contributed by atoms with E-state index in [0.29, 0.717) is 42.8 Å². The zero-order valence-corrected chi connectivity index (χ0v) is 42.4. The Labute approximate surface area is 420 Å². The number of anilines is 3. The van der Waals surface area contributed by atoms with Gasteiger partial charge in [0, 0.05) is 75.1 Å². The number of nitrogens with zero attached hydrogens (tertiary/aromatic N) is 5. The van der Waals surface area contributed by atoms with Gasteiger partial charge in [-0.3, -0.25) is 48.9 Å². The highest BCUT2D eigenvalue weighted by Crippen LogP contribution is 2.35. The Bertz CT molecular complexity index is 2600. The Kier molecular flexibility index (Phi) is 18.5. The lowest BCUT2D eigenvalue weighted by Gasteiger charge is -2.47. The summed E-state index contributed by atoms with van der Waals surface area (Å²) in [6.07, 6.45) is 6.79. The summed E-state index contributed by atoms with van der Waals surface area (Å²) in [5.74, 6) is -2.12. The molecule has 4 aliphatic rings. The third-order valence-corrected chi connectivity index (χ3v) is 13.7. The first-order chi connectivity index (χ1) is 34.6. The van der Waals surface area contributed by atoms with Gasteiger partial charge in [0.2, 0.25) is 11.8 Å². The van der Waals surface area contributed by atoms with Crippen molar-refractivity contribution in [3.63, 3.8) is 0 Å². The van der Waals surface area contributed by atoms with E-state index < -0.39 is 41.4 Å². The molecule has 3 aliphatic heterocycles. The number of hydrogen-bond donors (Lipinski definition) is 6. The number of alkyl halides is 1. The number of methoxy groups -OCH3 is 1. The number of hydrogen-bond acceptors (Lipinski definition) is 14. The molecule has 1 saturated carbocycles. The first kappa shape index (κ1) is 54.5. The monoisotopic (exact) mass is 994 g/mol. The number of carbonyl (C=O) groups is 5. The van der Waals surface area contributed by atoms with Crippen LogP contribution in [-0.4, -0.2) is 126 Å². The number of nitrogen functional groups attached to an aromatic ring is 1. The predicted octanol–water partition coefficient (Wildman–Crippen LogP) is 6.51. The fourth-order valence-electron chi connectivity index (χ4n) is 9.67. The molecule has 2 saturated heterocycles. The van der Waals surface area contributed by atoms with Crippen LogP contribution in [-0.2, 0) is 16.1 Å². The standard InChI is InChI=1S/C49H58FN11O6.C3H8.CH3F/c1-5-16-49(2,3)39(57-44-41(43(52)55-27-56-44)42(51)29-8-6-28(7-9-29)25-54-45(63)36-21-30(50)10-14-38(36)67-4)26-53-31-22-33(23-31)60-19-17-59(18-20-60)32-11-12-34-35(24-32)48(66)61(47(34)65)37-13-15-40(62)58-46(37)64;1-3-2;1-2/h6-12,14,21,24,27,31,33,37,39,51,53H,5,13,15-20,22-23,25-26H2,1-4H3,(H,54,63)(H,58,62,64)(H3,52,55,56,57);3H2,1-2H3;1H3. The van der Waals surface area contributed by atoms with E-state index in [1.165, 1.54) is 32.0 Å². The van der Waals surface area contributed by atoms with E-state index in [0.717, 1.165) is 74.1 Å². The largest absolute Gasteiger partial charge is 0.496 e. The van der Waals surface area contributed by atoms with Crippen molar-refractivity contribution in [2.75, 3.05) is 63.0 Å². The zero-order chi connectivity index (χ0) is 52.3. The Morgan fingerprint density at radius 3 is 2.28 bits per heavy atom. The van der Waals surface area contributed by atoms with Crippen LogP contribution in [0.4, 0.5) is 26.1 Å². The van der Waals surface area contributed by atoms with Crippen molar-refractivity contribution in [3.05, 3.63) is 106 Å². The SMILES string of the molecule is CCC.CCCC(C)(C)C(CNC1CC(N2CCN(c3ccc4c(c3)C(=O)N(C3CCC(=O)NC3=O)C4=O)CC2)C1)Nc1ncnc(N)c1C(=N)c1ccc(CNC(=O)c2cc(F)ccc2OC)cc1.CF. The van der Waals surface area contributed by atoms with Crippen LogP contribution in [0.5, 0.6) is 5.75 Å². The average Bonchev–Trinajstić information content (AvgIpc) is 3.60. The van der Waals surface area contributed by atoms with E-state index >= 15 is 0 Å². The molecule has 17 nitrogen and oxygen atoms in total. The van der Waals surface area contributed by atoms with Crippen LogP contribution >= 0.6 is 0 Å². The summed E-state index contributed by atoms with van der Waals surface area (Å²) in [7, 11) is 1.92. The molecule has 3 aromatic carbocycles. The van der Waals surface area contributed by atoms with Gasteiger partial charge < -0.3 is 31.3 Å². The molecule has 1 aromatic heterocycles. The van der Waals surface area contributed by atoms with E-state index in [-0.39, 0.29) is 64.8 Å². The molecule has 386 valence electrons. The smallest absolute Gasteiger partial charge is 0.262 e. The number of ether oxygens (including phenoxy) is 1. The van der Waals surface area contributed by atoms with Gasteiger partial charge in [-0.2, -0.15) is 0 Å². The predicted molar refractivity (Wildman–Crippen MR) is 274 cm³/mol. The summed E-state index contributed by atoms with van der Waals surface area (Å²) in [5.41, 5.74) is 9.75. The number of nitrogens with two attached hydrogens (primary N) is 1. The number of benzene rings is 3. The molecule has 7 N–H and O–H groups in total. The third-order valence-electron chi connectivity index (χ3n) is 13.7. The molecule has 2 atom stereocenters. The van der Waals surface area contributed by atoms with Crippen LogP contribution < -0.4 is 36.6 Å². The number of aromatic nitrogens is 2. The number of imide groups is 2. The van der Waals surface area contributed by atoms with E-state index in [1.54, 1.807) is 24.3 Å². The van der Waals surface area contributed by atoms with Crippen LogP contribution in [0.2, 0.25) is 0 Å². The van der Waals surface area contributed by atoms with Crippen molar-refractivity contribution in [2.45, 2.75) is 110 Å². The Hall–Kier alpha value is -6.86. The minimum Gasteiger partial charge on any atom is -0.496 e. The van der Waals surface area contributed by atoms with Gasteiger partial charge in [0.05, 0.1) is 42.3 Å². The minimum atomic E-state index is -0.996. The first-order valence-corrected chi connectivity index (χ1v) is 24.7. The average molecular weight is 994 g/mol. The summed E-state index contributed by atoms with van der Waals surface area (Å²) >= 11 is 0. The number of piperidine rings is 1. The molecule has 4 heterocycles. The number of halogens is 2. The highest BCUT2D eigenvalue weighted by molar-refractivity contribution is 6.24. The lowest BCUT2D eigenvalue weighted by Crippen LogP contribution is -2.59. The van der Waals surface area contributed by atoms with Gasteiger partial charge in [-0.15, -0.1) is 0 Å². The van der Waals surface area contributed by atoms with Crippen LogP contribution in [0.3, 0.4) is 0 Å². The first-order valence-electron chi connectivity index (χ1n) is 24.7. The van der Waals surface area contributed by atoms with Gasteiger partial charge in [-0.05, 0) is 73.1 Å². The van der Waals surface area contributed by atoms with Crippen molar-refractivity contribution >= 4 is 52.6 Å². The molecule has 2 unspecified atom stereocenters. The molecule has 1 aliphatic carbocycles. The molecule has 19 heteroatoms. The van der Waals surface area contributed by atoms with Gasteiger partial charge in [0.25, 0.3) is 17.7 Å². The van der Waals surface area contributed by atoms with Gasteiger partial charge in [-0.25, -0.2) is 14.4 Å². The highest BCUT2D eigenvalue weighted by Gasteiger charge is 2.45. The summed E-state index contributed by atoms with van der Waals surface area (Å²) in [6.45, 7) is 15.0. The van der Waals surface area contributed by atoms with Crippen LogP contribution in [0.1, 0.15) is 127 Å². The van der Waals surface area contributed by atoms with Crippen molar-refractivity contribution in [2.24, 2.45) is 5.41 Å². The Morgan fingerprint density at radius 1 is 0.944 bits per heavy atom. The van der Waals surface area contributed by atoms with E-state index in [1.807, 2.05) is 18.2 Å². The zero-order valence-electron chi connectivity index (χ0n) is 42.4. The second-order valence-corrected chi connectivity index (χ2v) is 19.2. The topological polar surface area (TPSA) is 228 Å². The quantitative estimate of drug-likeness (QED) is 0.0491. The molecule has 72 heavy (non-hydrogen) atoms. The lowest BCUT2D eigenvalue weighted by molar-refractivity contribution is -0.136. The highest BCUT2D eigenvalue weighted by atomic mass is 19.1. The fraction of sp³-hybridized carbons (Fsp3) is 0.472. The molecule has 3 fully saturated rings. The maximum Gasteiger partial charge on any atom is 0.262 e. The molecule has 0 spiro atoms.